The van der Waals surface area contributed by atoms with Gasteiger partial charge < -0.3 is 19.3 Å². The minimum absolute atomic E-state index is 0.0354. The number of rotatable bonds is 12. The molecule has 0 aliphatic rings. The van der Waals surface area contributed by atoms with Crippen LogP contribution in [0.1, 0.15) is 37.6 Å². The molecule has 0 N–H and O–H groups in total. The van der Waals surface area contributed by atoms with Gasteiger partial charge in [-0.15, -0.1) is 17.9 Å². The van der Waals surface area contributed by atoms with E-state index >= 15 is 0 Å². The molecule has 0 fully saturated rings. The van der Waals surface area contributed by atoms with Crippen LogP contribution < -0.4 is 9.47 Å². The maximum atomic E-state index is 13.3. The van der Waals surface area contributed by atoms with E-state index in [4.69, 9.17) is 9.47 Å². The summed E-state index contributed by atoms with van der Waals surface area (Å²) in [6.45, 7) is 11.2. The molecular formula is C26H36N2O4S. The van der Waals surface area contributed by atoms with Crippen LogP contribution in [0, 0.1) is 5.41 Å². The Bertz CT molecular complexity index is 919. The average Bonchev–Trinajstić information content (AvgIpc) is 3.28. The van der Waals surface area contributed by atoms with Crippen LogP contribution in [-0.2, 0) is 22.6 Å². The minimum atomic E-state index is -0.149. The van der Waals surface area contributed by atoms with E-state index in [9.17, 15) is 9.59 Å². The third kappa shape index (κ3) is 8.57. The first kappa shape index (κ1) is 26.5. The van der Waals surface area contributed by atoms with E-state index < -0.39 is 0 Å². The first-order chi connectivity index (χ1) is 15.7. The highest BCUT2D eigenvalue weighted by atomic mass is 32.1. The molecule has 0 atom stereocenters. The number of nitrogens with zero attached hydrogens (tertiary/aromatic N) is 2. The molecule has 1 aromatic carbocycles. The summed E-state index contributed by atoms with van der Waals surface area (Å²) in [4.78, 5) is 30.7. The highest BCUT2D eigenvalue weighted by molar-refractivity contribution is 7.09. The highest BCUT2D eigenvalue weighted by Crippen LogP contribution is 2.28. The Balaban J connectivity index is 2.15. The Morgan fingerprint density at radius 1 is 1.06 bits per heavy atom. The van der Waals surface area contributed by atoms with Crippen molar-refractivity contribution in [3.05, 3.63) is 58.8 Å². The van der Waals surface area contributed by atoms with Gasteiger partial charge in [0.15, 0.2) is 11.5 Å². The Morgan fingerprint density at radius 3 is 2.36 bits per heavy atom. The zero-order valence-corrected chi connectivity index (χ0v) is 21.2. The van der Waals surface area contributed by atoms with E-state index in [-0.39, 0.29) is 23.8 Å². The predicted molar refractivity (Wildman–Crippen MR) is 134 cm³/mol. The molecule has 0 spiro atoms. The number of methoxy groups -OCH3 is 2. The van der Waals surface area contributed by atoms with Crippen LogP contribution in [0.4, 0.5) is 0 Å². The van der Waals surface area contributed by atoms with Crippen LogP contribution in [-0.4, -0.2) is 55.5 Å². The van der Waals surface area contributed by atoms with Crippen molar-refractivity contribution in [2.45, 2.75) is 40.2 Å². The number of thiophene rings is 1. The van der Waals surface area contributed by atoms with E-state index in [0.717, 1.165) is 10.4 Å². The molecule has 0 bridgehead atoms. The van der Waals surface area contributed by atoms with Crippen molar-refractivity contribution < 1.29 is 19.1 Å². The van der Waals surface area contributed by atoms with Crippen molar-refractivity contribution in [3.8, 4) is 11.5 Å². The van der Waals surface area contributed by atoms with Gasteiger partial charge in [-0.05, 0) is 41.0 Å². The molecule has 1 aromatic heterocycles. The van der Waals surface area contributed by atoms with Crippen molar-refractivity contribution in [1.82, 2.24) is 9.80 Å². The number of carbonyl (C=O) groups excluding carboxylic acids is 2. The van der Waals surface area contributed by atoms with Crippen molar-refractivity contribution in [2.24, 2.45) is 5.41 Å². The molecule has 2 amide bonds. The van der Waals surface area contributed by atoms with Crippen molar-refractivity contribution in [3.63, 3.8) is 0 Å². The van der Waals surface area contributed by atoms with Gasteiger partial charge in [0.1, 0.15) is 6.54 Å². The summed E-state index contributed by atoms with van der Waals surface area (Å²) in [7, 11) is 3.21. The summed E-state index contributed by atoms with van der Waals surface area (Å²) in [5.41, 5.74) is 0.896. The molecule has 33 heavy (non-hydrogen) atoms. The minimum Gasteiger partial charge on any atom is -0.493 e. The summed E-state index contributed by atoms with van der Waals surface area (Å²) in [5.74, 6) is 1.22. The van der Waals surface area contributed by atoms with E-state index in [0.29, 0.717) is 44.0 Å². The monoisotopic (exact) mass is 472 g/mol. The summed E-state index contributed by atoms with van der Waals surface area (Å²) in [6, 6.07) is 9.79. The maximum absolute atomic E-state index is 13.3. The SMILES string of the molecule is C=CCN(CC(=O)N(CCc1ccc(OC)c(OC)c1)Cc1cccs1)C(=O)CC(C)(C)C. The van der Waals surface area contributed by atoms with Gasteiger partial charge in [0.2, 0.25) is 11.8 Å². The van der Waals surface area contributed by atoms with Crippen LogP contribution in [0.2, 0.25) is 0 Å². The van der Waals surface area contributed by atoms with Gasteiger partial charge in [0, 0.05) is 24.4 Å². The van der Waals surface area contributed by atoms with Gasteiger partial charge in [-0.25, -0.2) is 0 Å². The molecule has 180 valence electrons. The van der Waals surface area contributed by atoms with Gasteiger partial charge in [0.05, 0.1) is 20.8 Å². The molecule has 7 heteroatoms. The summed E-state index contributed by atoms with van der Waals surface area (Å²) < 4.78 is 10.7. The fourth-order valence-corrected chi connectivity index (χ4v) is 4.14. The number of benzene rings is 1. The van der Waals surface area contributed by atoms with Crippen molar-refractivity contribution >= 4 is 23.2 Å². The lowest BCUT2D eigenvalue weighted by molar-refractivity contribution is -0.141. The molecule has 0 aliphatic carbocycles. The lowest BCUT2D eigenvalue weighted by atomic mass is 9.91. The van der Waals surface area contributed by atoms with Crippen LogP contribution >= 0.6 is 11.3 Å². The Morgan fingerprint density at radius 2 is 1.79 bits per heavy atom. The second-order valence-electron chi connectivity index (χ2n) is 9.13. The molecule has 0 unspecified atom stereocenters. The molecule has 1 heterocycles. The lowest BCUT2D eigenvalue weighted by Crippen LogP contribution is -2.44. The topological polar surface area (TPSA) is 59.1 Å². The van der Waals surface area contributed by atoms with E-state index in [2.05, 4.69) is 6.58 Å². The van der Waals surface area contributed by atoms with Gasteiger partial charge in [0.25, 0.3) is 0 Å². The first-order valence-corrected chi connectivity index (χ1v) is 11.9. The quantitative estimate of drug-likeness (QED) is 0.417. The van der Waals surface area contributed by atoms with E-state index in [1.54, 1.807) is 36.5 Å². The van der Waals surface area contributed by atoms with Gasteiger partial charge in [-0.1, -0.05) is 39.0 Å². The van der Waals surface area contributed by atoms with Crippen molar-refractivity contribution in [2.75, 3.05) is 33.9 Å². The number of carbonyl (C=O) groups is 2. The number of amides is 2. The Kier molecular flexibility index (Phi) is 9.97. The molecule has 6 nitrogen and oxygen atoms in total. The Hall–Kier alpha value is -2.80. The number of ether oxygens (including phenoxy) is 2. The largest absolute Gasteiger partial charge is 0.493 e. The second kappa shape index (κ2) is 12.4. The Labute approximate surface area is 201 Å². The normalized spacial score (nSPS) is 11.1. The third-order valence-electron chi connectivity index (χ3n) is 5.11. The fourth-order valence-electron chi connectivity index (χ4n) is 3.42. The molecular weight excluding hydrogens is 436 g/mol. The highest BCUT2D eigenvalue weighted by Gasteiger charge is 2.24. The molecule has 2 rings (SSSR count). The molecule has 2 aromatic rings. The molecule has 0 saturated heterocycles. The van der Waals surface area contributed by atoms with Gasteiger partial charge in [-0.3, -0.25) is 9.59 Å². The maximum Gasteiger partial charge on any atom is 0.242 e. The second-order valence-corrected chi connectivity index (χ2v) is 10.2. The summed E-state index contributed by atoms with van der Waals surface area (Å²) in [6.07, 6.45) is 2.71. The standard InChI is InChI=1S/C26H36N2O4S/c1-7-13-27(24(29)17-26(2,3)4)19-25(30)28(18-21-9-8-15-33-21)14-12-20-10-11-22(31-5)23(16-20)32-6/h7-11,15-16H,1,12-14,17-19H2,2-6H3. The van der Waals surface area contributed by atoms with Crippen LogP contribution in [0.25, 0.3) is 0 Å². The smallest absolute Gasteiger partial charge is 0.242 e. The first-order valence-electron chi connectivity index (χ1n) is 11.1. The van der Waals surface area contributed by atoms with Gasteiger partial charge >= 0.3 is 0 Å². The zero-order chi connectivity index (χ0) is 24.4. The van der Waals surface area contributed by atoms with Crippen LogP contribution in [0.15, 0.2) is 48.4 Å². The number of hydrogen-bond acceptors (Lipinski definition) is 5. The van der Waals surface area contributed by atoms with E-state index in [1.807, 2.05) is 61.4 Å². The summed E-state index contributed by atoms with van der Waals surface area (Å²) in [5, 5.41) is 2.00. The zero-order valence-electron chi connectivity index (χ0n) is 20.4. The number of hydrogen-bond donors (Lipinski definition) is 0. The third-order valence-corrected chi connectivity index (χ3v) is 5.97. The fraction of sp³-hybridized carbons (Fsp3) is 0.462. The lowest BCUT2D eigenvalue weighted by Gasteiger charge is -2.29. The summed E-state index contributed by atoms with van der Waals surface area (Å²) >= 11 is 1.62. The average molecular weight is 473 g/mol. The predicted octanol–water partition coefficient (Wildman–Crippen LogP) is 4.79. The van der Waals surface area contributed by atoms with E-state index in [1.165, 1.54) is 0 Å². The van der Waals surface area contributed by atoms with Crippen LogP contribution in [0.5, 0.6) is 11.5 Å². The van der Waals surface area contributed by atoms with Crippen LogP contribution in [0.3, 0.4) is 0 Å². The molecule has 0 saturated carbocycles. The molecule has 0 radical (unpaired) electrons. The van der Waals surface area contributed by atoms with Gasteiger partial charge in [-0.2, -0.15) is 0 Å². The van der Waals surface area contributed by atoms with Crippen molar-refractivity contribution in [1.29, 1.82) is 0 Å². The molecule has 0 aliphatic heterocycles.